The lowest BCUT2D eigenvalue weighted by atomic mass is 10.1. The first-order chi connectivity index (χ1) is 13.5. The van der Waals surface area contributed by atoms with Crippen LogP contribution in [0, 0.1) is 0 Å². The highest BCUT2D eigenvalue weighted by Gasteiger charge is 2.21. The molecular weight excluding hydrogens is 372 g/mol. The van der Waals surface area contributed by atoms with Crippen LogP contribution in [0.3, 0.4) is 0 Å². The summed E-state index contributed by atoms with van der Waals surface area (Å²) in [5, 5.41) is 2.78. The lowest BCUT2D eigenvalue weighted by Gasteiger charge is -2.13. The first-order valence-electron chi connectivity index (χ1n) is 9.13. The third kappa shape index (κ3) is 3.77. The fraction of sp³-hybridized carbons (Fsp3) is 0.136. The highest BCUT2D eigenvalue weighted by Crippen LogP contribution is 2.27. The Hall–Kier alpha value is -3.12. The maximum atomic E-state index is 12.9. The van der Waals surface area contributed by atoms with Gasteiger partial charge in [-0.15, -0.1) is 0 Å². The number of hydrogen-bond donors (Lipinski definition) is 2. The SMILES string of the molecule is O=C(Nc1ccccc1)c1ccccc1NS(=O)(=O)c1ccc2c(c1)CCC2. The number of carbonyl (C=O) groups is 1. The van der Waals surface area contributed by atoms with Crippen molar-refractivity contribution in [3.63, 3.8) is 0 Å². The minimum Gasteiger partial charge on any atom is -0.322 e. The molecule has 3 aromatic carbocycles. The van der Waals surface area contributed by atoms with Crippen molar-refractivity contribution in [1.29, 1.82) is 0 Å². The van der Waals surface area contributed by atoms with Crippen molar-refractivity contribution < 1.29 is 13.2 Å². The molecule has 0 spiro atoms. The zero-order valence-electron chi connectivity index (χ0n) is 15.2. The molecule has 0 atom stereocenters. The molecule has 5 nitrogen and oxygen atoms in total. The molecule has 0 fully saturated rings. The van der Waals surface area contributed by atoms with E-state index >= 15 is 0 Å². The number of amides is 1. The van der Waals surface area contributed by atoms with Gasteiger partial charge < -0.3 is 5.32 Å². The summed E-state index contributed by atoms with van der Waals surface area (Å²) in [5.74, 6) is -0.376. The molecule has 0 aromatic heterocycles. The van der Waals surface area contributed by atoms with Crippen LogP contribution in [-0.4, -0.2) is 14.3 Å². The van der Waals surface area contributed by atoms with Crippen LogP contribution >= 0.6 is 0 Å². The van der Waals surface area contributed by atoms with E-state index in [0.29, 0.717) is 5.69 Å². The number of hydrogen-bond acceptors (Lipinski definition) is 3. The van der Waals surface area contributed by atoms with Crippen molar-refractivity contribution in [2.24, 2.45) is 0 Å². The van der Waals surface area contributed by atoms with Gasteiger partial charge >= 0.3 is 0 Å². The summed E-state index contributed by atoms with van der Waals surface area (Å²) in [6.45, 7) is 0. The topological polar surface area (TPSA) is 75.3 Å². The third-order valence-electron chi connectivity index (χ3n) is 4.83. The quantitative estimate of drug-likeness (QED) is 0.682. The molecule has 0 bridgehead atoms. The average molecular weight is 392 g/mol. The normalized spacial score (nSPS) is 13.0. The molecule has 1 amide bonds. The van der Waals surface area contributed by atoms with E-state index in [0.717, 1.165) is 24.8 Å². The Kier molecular flexibility index (Phi) is 4.88. The van der Waals surface area contributed by atoms with Crippen molar-refractivity contribution in [1.82, 2.24) is 0 Å². The van der Waals surface area contributed by atoms with Gasteiger partial charge in [0.05, 0.1) is 16.1 Å². The van der Waals surface area contributed by atoms with Crippen molar-refractivity contribution in [2.45, 2.75) is 24.2 Å². The monoisotopic (exact) mass is 392 g/mol. The highest BCUT2D eigenvalue weighted by molar-refractivity contribution is 7.92. The van der Waals surface area contributed by atoms with Crippen LogP contribution in [0.15, 0.2) is 77.7 Å². The van der Waals surface area contributed by atoms with Gasteiger partial charge in [0.25, 0.3) is 15.9 Å². The van der Waals surface area contributed by atoms with E-state index in [2.05, 4.69) is 10.0 Å². The van der Waals surface area contributed by atoms with Crippen LogP contribution in [0.1, 0.15) is 27.9 Å². The number of rotatable bonds is 5. The van der Waals surface area contributed by atoms with Crippen LogP contribution in [0.2, 0.25) is 0 Å². The van der Waals surface area contributed by atoms with Gasteiger partial charge in [-0.25, -0.2) is 8.42 Å². The van der Waals surface area contributed by atoms with Gasteiger partial charge in [0, 0.05) is 5.69 Å². The molecule has 0 unspecified atom stereocenters. The smallest absolute Gasteiger partial charge is 0.261 e. The highest BCUT2D eigenvalue weighted by atomic mass is 32.2. The van der Waals surface area contributed by atoms with Crippen LogP contribution in [0.4, 0.5) is 11.4 Å². The second kappa shape index (κ2) is 7.48. The summed E-state index contributed by atoms with van der Waals surface area (Å²) in [6.07, 6.45) is 2.94. The molecule has 0 saturated heterocycles. The molecule has 6 heteroatoms. The molecule has 28 heavy (non-hydrogen) atoms. The lowest BCUT2D eigenvalue weighted by Crippen LogP contribution is -2.18. The van der Waals surface area contributed by atoms with Crippen molar-refractivity contribution in [3.05, 3.63) is 89.5 Å². The van der Waals surface area contributed by atoms with Crippen LogP contribution in [-0.2, 0) is 22.9 Å². The van der Waals surface area contributed by atoms with Crippen molar-refractivity contribution >= 4 is 27.3 Å². The maximum Gasteiger partial charge on any atom is 0.261 e. The van der Waals surface area contributed by atoms with Gasteiger partial charge in [0.15, 0.2) is 0 Å². The summed E-state index contributed by atoms with van der Waals surface area (Å²) < 4.78 is 28.4. The molecule has 142 valence electrons. The molecule has 1 aliphatic carbocycles. The van der Waals surface area contributed by atoms with E-state index in [9.17, 15) is 13.2 Å². The number of nitrogens with one attached hydrogen (secondary N) is 2. The van der Waals surface area contributed by atoms with E-state index in [4.69, 9.17) is 0 Å². The lowest BCUT2D eigenvalue weighted by molar-refractivity contribution is 0.102. The summed E-state index contributed by atoms with van der Waals surface area (Å²) in [5.41, 5.74) is 3.44. The molecule has 0 aliphatic heterocycles. The van der Waals surface area contributed by atoms with E-state index < -0.39 is 10.0 Å². The molecule has 1 aliphatic rings. The van der Waals surface area contributed by atoms with Crippen molar-refractivity contribution in [2.75, 3.05) is 10.0 Å². The second-order valence-electron chi connectivity index (χ2n) is 6.76. The predicted octanol–water partition coefficient (Wildman–Crippen LogP) is 4.23. The van der Waals surface area contributed by atoms with Crippen molar-refractivity contribution in [3.8, 4) is 0 Å². The minimum absolute atomic E-state index is 0.214. The molecule has 0 radical (unpaired) electrons. The third-order valence-corrected chi connectivity index (χ3v) is 6.19. The van der Waals surface area contributed by atoms with E-state index in [1.54, 1.807) is 48.5 Å². The number of benzene rings is 3. The Morgan fingerprint density at radius 1 is 0.821 bits per heavy atom. The van der Waals surface area contributed by atoms with E-state index in [1.807, 2.05) is 24.3 Å². The first kappa shape index (κ1) is 18.3. The zero-order chi connectivity index (χ0) is 19.6. The Labute approximate surface area is 164 Å². The van der Waals surface area contributed by atoms with Crippen LogP contribution in [0.5, 0.6) is 0 Å². The first-order valence-corrected chi connectivity index (χ1v) is 10.6. The second-order valence-corrected chi connectivity index (χ2v) is 8.44. The number of anilines is 2. The molecule has 0 heterocycles. The average Bonchev–Trinajstić information content (AvgIpc) is 3.17. The van der Waals surface area contributed by atoms with E-state index in [1.165, 1.54) is 5.56 Å². The maximum absolute atomic E-state index is 12.9. The molecular formula is C22H20N2O3S. The van der Waals surface area contributed by atoms with Gasteiger partial charge in [-0.05, 0) is 66.8 Å². The summed E-state index contributed by atoms with van der Waals surface area (Å²) in [7, 11) is -3.79. The molecule has 0 saturated carbocycles. The molecule has 2 N–H and O–H groups in total. The number of aryl methyl sites for hydroxylation is 2. The Morgan fingerprint density at radius 3 is 2.36 bits per heavy atom. The fourth-order valence-corrected chi connectivity index (χ4v) is 4.54. The summed E-state index contributed by atoms with van der Waals surface area (Å²) >= 11 is 0. The molecule has 4 rings (SSSR count). The Bertz CT molecular complexity index is 1130. The van der Waals surface area contributed by atoms with Crippen LogP contribution < -0.4 is 10.0 Å². The minimum atomic E-state index is -3.79. The Balaban J connectivity index is 1.60. The standard InChI is InChI=1S/C22H20N2O3S/c25-22(23-18-9-2-1-3-10-18)20-11-4-5-12-21(20)24-28(26,27)19-14-13-16-7-6-8-17(16)15-19/h1-5,9-15,24H,6-8H2,(H,23,25). The summed E-state index contributed by atoms with van der Waals surface area (Å²) in [6, 6.07) is 20.9. The summed E-state index contributed by atoms with van der Waals surface area (Å²) in [4.78, 5) is 12.9. The largest absolute Gasteiger partial charge is 0.322 e. The van der Waals surface area contributed by atoms with Gasteiger partial charge in [-0.3, -0.25) is 9.52 Å². The van der Waals surface area contributed by atoms with E-state index in [-0.39, 0.29) is 22.1 Å². The molecule has 3 aromatic rings. The van der Waals surface area contributed by atoms with Gasteiger partial charge in [-0.2, -0.15) is 0 Å². The number of carbonyl (C=O) groups excluding carboxylic acids is 1. The number of sulfonamides is 1. The van der Waals surface area contributed by atoms with Gasteiger partial charge in [-0.1, -0.05) is 36.4 Å². The van der Waals surface area contributed by atoms with Crippen LogP contribution in [0.25, 0.3) is 0 Å². The number of para-hydroxylation sites is 2. The number of fused-ring (bicyclic) bond motifs is 1. The zero-order valence-corrected chi connectivity index (χ0v) is 16.0. The predicted molar refractivity (Wildman–Crippen MR) is 110 cm³/mol. The fourth-order valence-electron chi connectivity index (χ4n) is 3.41. The van der Waals surface area contributed by atoms with Gasteiger partial charge in [0.2, 0.25) is 0 Å². The van der Waals surface area contributed by atoms with Gasteiger partial charge in [0.1, 0.15) is 0 Å². The Morgan fingerprint density at radius 2 is 1.54 bits per heavy atom.